The summed E-state index contributed by atoms with van der Waals surface area (Å²) in [4.78, 5) is 0. The lowest BCUT2D eigenvalue weighted by Crippen LogP contribution is -2.31. The van der Waals surface area contributed by atoms with Crippen LogP contribution in [0.25, 0.3) is 0 Å². The zero-order valence-corrected chi connectivity index (χ0v) is 13.3. The number of benzene rings is 1. The minimum absolute atomic E-state index is 0.296. The summed E-state index contributed by atoms with van der Waals surface area (Å²) in [5.74, 6) is -0.296. The number of aromatic nitrogens is 2. The molecule has 0 saturated carbocycles. The summed E-state index contributed by atoms with van der Waals surface area (Å²) in [6.45, 7) is 3.72. The highest BCUT2D eigenvalue weighted by Gasteiger charge is 2.26. The van der Waals surface area contributed by atoms with E-state index in [9.17, 15) is 9.50 Å². The van der Waals surface area contributed by atoms with Gasteiger partial charge in [0.25, 0.3) is 0 Å². The highest BCUT2D eigenvalue weighted by Crippen LogP contribution is 2.26. The molecule has 21 heavy (non-hydrogen) atoms. The Balaban J connectivity index is 2.19. The first-order valence-electron chi connectivity index (χ1n) is 6.99. The van der Waals surface area contributed by atoms with Crippen LogP contribution in [-0.4, -0.2) is 20.5 Å². The van der Waals surface area contributed by atoms with Crippen molar-refractivity contribution < 1.29 is 9.50 Å². The lowest BCUT2D eigenvalue weighted by atomic mass is 9.91. The second kappa shape index (κ2) is 6.16. The van der Waals surface area contributed by atoms with Crippen molar-refractivity contribution in [2.24, 2.45) is 7.05 Å². The molecule has 0 spiro atoms. The summed E-state index contributed by atoms with van der Waals surface area (Å²) in [5, 5.41) is 15.6. The van der Waals surface area contributed by atoms with Crippen LogP contribution in [0, 0.1) is 5.82 Å². The van der Waals surface area contributed by atoms with Gasteiger partial charge in [-0.05, 0) is 31.0 Å². The van der Waals surface area contributed by atoms with Gasteiger partial charge in [0.2, 0.25) is 0 Å². The van der Waals surface area contributed by atoms with E-state index < -0.39 is 5.60 Å². The fraction of sp³-hybridized carbons (Fsp3) is 0.438. The standard InChI is InChI=1S/C16H20ClFN2O/c1-4-13-15(17)14(20(3)19-13)10-16(2,21)9-11-6-5-7-12(18)8-11/h5-8,21H,4,9-10H2,1-3H3. The van der Waals surface area contributed by atoms with E-state index in [-0.39, 0.29) is 5.82 Å². The van der Waals surface area contributed by atoms with Gasteiger partial charge in [-0.2, -0.15) is 5.10 Å². The maximum Gasteiger partial charge on any atom is 0.123 e. The van der Waals surface area contributed by atoms with Gasteiger partial charge < -0.3 is 5.11 Å². The van der Waals surface area contributed by atoms with Gasteiger partial charge in [-0.3, -0.25) is 4.68 Å². The highest BCUT2D eigenvalue weighted by atomic mass is 35.5. The molecule has 3 nitrogen and oxygen atoms in total. The second-order valence-electron chi connectivity index (χ2n) is 5.66. The predicted molar refractivity (Wildman–Crippen MR) is 82.0 cm³/mol. The summed E-state index contributed by atoms with van der Waals surface area (Å²) in [6.07, 6.45) is 1.47. The summed E-state index contributed by atoms with van der Waals surface area (Å²) in [6, 6.07) is 6.29. The number of rotatable bonds is 5. The van der Waals surface area contributed by atoms with Crippen LogP contribution < -0.4 is 0 Å². The monoisotopic (exact) mass is 310 g/mol. The molecule has 1 aromatic carbocycles. The summed E-state index contributed by atoms with van der Waals surface area (Å²) in [7, 11) is 1.82. The lowest BCUT2D eigenvalue weighted by molar-refractivity contribution is 0.0588. The summed E-state index contributed by atoms with van der Waals surface area (Å²) in [5.41, 5.74) is 1.37. The first-order valence-corrected chi connectivity index (χ1v) is 7.37. The Bertz CT molecular complexity index is 637. The normalized spacial score (nSPS) is 14.2. The van der Waals surface area contributed by atoms with Crippen LogP contribution in [0.1, 0.15) is 30.8 Å². The molecule has 114 valence electrons. The van der Waals surface area contributed by atoms with Crippen molar-refractivity contribution in [3.8, 4) is 0 Å². The van der Waals surface area contributed by atoms with E-state index >= 15 is 0 Å². The topological polar surface area (TPSA) is 38.0 Å². The highest BCUT2D eigenvalue weighted by molar-refractivity contribution is 6.31. The second-order valence-corrected chi connectivity index (χ2v) is 6.04. The molecule has 1 atom stereocenters. The molecule has 0 aliphatic heterocycles. The quantitative estimate of drug-likeness (QED) is 0.920. The van der Waals surface area contributed by atoms with E-state index in [1.165, 1.54) is 12.1 Å². The zero-order valence-electron chi connectivity index (χ0n) is 12.5. The van der Waals surface area contributed by atoms with Gasteiger partial charge in [0.1, 0.15) is 5.82 Å². The fourth-order valence-electron chi connectivity index (χ4n) is 2.52. The molecule has 5 heteroatoms. The number of aryl methyl sites for hydroxylation is 2. The van der Waals surface area contributed by atoms with Crippen LogP contribution in [0.4, 0.5) is 4.39 Å². The van der Waals surface area contributed by atoms with Crippen LogP contribution in [0.2, 0.25) is 5.02 Å². The van der Waals surface area contributed by atoms with E-state index in [1.54, 1.807) is 23.7 Å². The molecular formula is C16H20ClFN2O. The van der Waals surface area contributed by atoms with Gasteiger partial charge in [0, 0.05) is 19.9 Å². The maximum atomic E-state index is 13.2. The van der Waals surface area contributed by atoms with Crippen molar-refractivity contribution >= 4 is 11.6 Å². The maximum absolute atomic E-state index is 13.2. The number of aliphatic hydroxyl groups is 1. The first kappa shape index (κ1) is 16.0. The zero-order chi connectivity index (χ0) is 15.6. The smallest absolute Gasteiger partial charge is 0.123 e. The molecule has 0 aliphatic carbocycles. The third-order valence-corrected chi connectivity index (χ3v) is 3.96. The van der Waals surface area contributed by atoms with Crippen molar-refractivity contribution in [3.05, 3.63) is 52.1 Å². The molecule has 0 bridgehead atoms. The molecule has 1 N–H and O–H groups in total. The third-order valence-electron chi connectivity index (χ3n) is 3.53. The summed E-state index contributed by atoms with van der Waals surface area (Å²) >= 11 is 6.31. The Morgan fingerprint density at radius 2 is 2.10 bits per heavy atom. The molecule has 2 aromatic rings. The SMILES string of the molecule is CCc1nn(C)c(CC(C)(O)Cc2cccc(F)c2)c1Cl. The molecule has 0 fully saturated rings. The largest absolute Gasteiger partial charge is 0.389 e. The van der Waals surface area contributed by atoms with Gasteiger partial charge in [0.05, 0.1) is 22.0 Å². The first-order chi connectivity index (χ1) is 9.82. The Kier molecular flexibility index (Phi) is 4.69. The fourth-order valence-corrected chi connectivity index (χ4v) is 2.88. The van der Waals surface area contributed by atoms with Crippen molar-refractivity contribution in [2.45, 2.75) is 38.7 Å². The number of hydrogen-bond acceptors (Lipinski definition) is 2. The Morgan fingerprint density at radius 1 is 1.38 bits per heavy atom. The number of nitrogens with zero attached hydrogens (tertiary/aromatic N) is 2. The Hall–Kier alpha value is -1.39. The van der Waals surface area contributed by atoms with Crippen LogP contribution in [0.15, 0.2) is 24.3 Å². The van der Waals surface area contributed by atoms with E-state index in [0.29, 0.717) is 17.9 Å². The molecule has 2 rings (SSSR count). The minimum atomic E-state index is -1.02. The average Bonchev–Trinajstić information content (AvgIpc) is 2.65. The molecule has 0 amide bonds. The number of hydrogen-bond donors (Lipinski definition) is 1. The van der Waals surface area contributed by atoms with Crippen LogP contribution in [-0.2, 0) is 26.3 Å². The van der Waals surface area contributed by atoms with Gasteiger partial charge >= 0.3 is 0 Å². The summed E-state index contributed by atoms with van der Waals surface area (Å²) < 4.78 is 14.9. The number of halogens is 2. The average molecular weight is 311 g/mol. The van der Waals surface area contributed by atoms with Crippen molar-refractivity contribution in [2.75, 3.05) is 0 Å². The van der Waals surface area contributed by atoms with Crippen molar-refractivity contribution in [3.63, 3.8) is 0 Å². The van der Waals surface area contributed by atoms with Crippen molar-refractivity contribution in [1.82, 2.24) is 9.78 Å². The van der Waals surface area contributed by atoms with Crippen LogP contribution in [0.5, 0.6) is 0 Å². The van der Waals surface area contributed by atoms with Crippen LogP contribution >= 0.6 is 11.6 Å². The molecular weight excluding hydrogens is 291 g/mol. The molecule has 0 saturated heterocycles. The van der Waals surface area contributed by atoms with Gasteiger partial charge in [0.15, 0.2) is 0 Å². The third kappa shape index (κ3) is 3.83. The molecule has 0 radical (unpaired) electrons. The van der Waals surface area contributed by atoms with Gasteiger partial charge in [-0.15, -0.1) is 0 Å². The van der Waals surface area contributed by atoms with E-state index in [4.69, 9.17) is 11.6 Å². The van der Waals surface area contributed by atoms with E-state index in [2.05, 4.69) is 5.10 Å². The molecule has 1 aromatic heterocycles. The van der Waals surface area contributed by atoms with Gasteiger partial charge in [-0.25, -0.2) is 4.39 Å². The van der Waals surface area contributed by atoms with Gasteiger partial charge in [-0.1, -0.05) is 30.7 Å². The lowest BCUT2D eigenvalue weighted by Gasteiger charge is -2.23. The molecule has 1 heterocycles. The molecule has 0 aliphatic rings. The molecule has 1 unspecified atom stereocenters. The predicted octanol–water partition coefficient (Wildman–Crippen LogP) is 3.31. The Morgan fingerprint density at radius 3 is 2.67 bits per heavy atom. The minimum Gasteiger partial charge on any atom is -0.389 e. The van der Waals surface area contributed by atoms with Crippen molar-refractivity contribution in [1.29, 1.82) is 0 Å². The van der Waals surface area contributed by atoms with E-state index in [1.807, 2.05) is 14.0 Å². The van der Waals surface area contributed by atoms with E-state index in [0.717, 1.165) is 23.4 Å². The Labute approximate surface area is 129 Å². The van der Waals surface area contributed by atoms with Crippen LogP contribution in [0.3, 0.4) is 0 Å².